The minimum atomic E-state index is -0.121. The molecular formula is C17H24O3. The number of esters is 1. The number of carbonyl (C=O) groups is 1. The van der Waals surface area contributed by atoms with E-state index in [1.54, 1.807) is 0 Å². The number of hydrogen-bond donors (Lipinski definition) is 0. The predicted octanol–water partition coefficient (Wildman–Crippen LogP) is 4.18. The Balaban J connectivity index is 1.95. The molecule has 0 amide bonds. The van der Waals surface area contributed by atoms with Gasteiger partial charge in [0.25, 0.3) is 0 Å². The first kappa shape index (κ1) is 14.9. The Hall–Kier alpha value is -1.51. The highest BCUT2D eigenvalue weighted by molar-refractivity contribution is 5.78. The molecule has 0 N–H and O–H groups in total. The van der Waals surface area contributed by atoms with Gasteiger partial charge in [0.2, 0.25) is 0 Å². The molecule has 1 aliphatic carbocycles. The molecule has 0 aromatic carbocycles. The summed E-state index contributed by atoms with van der Waals surface area (Å²) in [6.07, 6.45) is 2.17. The van der Waals surface area contributed by atoms with Gasteiger partial charge in [-0.3, -0.25) is 4.79 Å². The first-order valence-electron chi connectivity index (χ1n) is 7.11. The lowest BCUT2D eigenvalue weighted by molar-refractivity contribution is -0.148. The van der Waals surface area contributed by atoms with Crippen LogP contribution in [0.15, 0.2) is 22.1 Å². The third kappa shape index (κ3) is 2.82. The molecule has 1 aromatic rings. The van der Waals surface area contributed by atoms with Gasteiger partial charge in [-0.2, -0.15) is 0 Å². The number of ether oxygens (including phenoxy) is 1. The Morgan fingerprint density at radius 2 is 2.05 bits per heavy atom. The van der Waals surface area contributed by atoms with Crippen molar-refractivity contribution in [1.82, 2.24) is 0 Å². The second kappa shape index (κ2) is 5.12. The molecule has 1 fully saturated rings. The van der Waals surface area contributed by atoms with Gasteiger partial charge in [0.1, 0.15) is 18.1 Å². The van der Waals surface area contributed by atoms with Crippen LogP contribution in [0, 0.1) is 31.1 Å². The van der Waals surface area contributed by atoms with E-state index >= 15 is 0 Å². The summed E-state index contributed by atoms with van der Waals surface area (Å²) in [5.41, 5.74) is 2.34. The standard InChI is InChI=1S/C17H24O3/c1-10(2)7-14-15(17(14,5)6)16(18)19-9-13-8-11(3)12(4)20-13/h7-8,14-15H,9H2,1-6H3. The highest BCUT2D eigenvalue weighted by Gasteiger charge is 2.61. The summed E-state index contributed by atoms with van der Waals surface area (Å²) in [5.74, 6) is 1.73. The van der Waals surface area contributed by atoms with Gasteiger partial charge < -0.3 is 9.15 Å². The van der Waals surface area contributed by atoms with Crippen LogP contribution in [-0.4, -0.2) is 5.97 Å². The van der Waals surface area contributed by atoms with E-state index in [4.69, 9.17) is 9.15 Å². The largest absolute Gasteiger partial charge is 0.462 e. The molecule has 0 radical (unpaired) electrons. The fourth-order valence-electron chi connectivity index (χ4n) is 2.75. The smallest absolute Gasteiger partial charge is 0.310 e. The Labute approximate surface area is 121 Å². The van der Waals surface area contributed by atoms with Crippen molar-refractivity contribution >= 4 is 5.97 Å². The Morgan fingerprint density at radius 3 is 2.55 bits per heavy atom. The molecule has 2 unspecified atom stereocenters. The zero-order valence-electron chi connectivity index (χ0n) is 13.2. The number of carbonyl (C=O) groups excluding carboxylic acids is 1. The van der Waals surface area contributed by atoms with Gasteiger partial charge in [-0.1, -0.05) is 25.5 Å². The topological polar surface area (TPSA) is 39.4 Å². The molecule has 20 heavy (non-hydrogen) atoms. The van der Waals surface area contributed by atoms with E-state index in [1.807, 2.05) is 19.9 Å². The van der Waals surface area contributed by atoms with Crippen LogP contribution in [0.3, 0.4) is 0 Å². The lowest BCUT2D eigenvalue weighted by atomic mass is 10.1. The molecule has 2 atom stereocenters. The summed E-state index contributed by atoms with van der Waals surface area (Å²) in [6.45, 7) is 12.5. The first-order chi connectivity index (χ1) is 9.23. The normalized spacial score (nSPS) is 23.3. The third-order valence-corrected chi connectivity index (χ3v) is 4.25. The second-order valence-corrected chi connectivity index (χ2v) is 6.63. The van der Waals surface area contributed by atoms with E-state index in [9.17, 15) is 4.79 Å². The molecular weight excluding hydrogens is 252 g/mol. The van der Waals surface area contributed by atoms with E-state index in [2.05, 4.69) is 33.8 Å². The van der Waals surface area contributed by atoms with Crippen LogP contribution in [0.4, 0.5) is 0 Å². The highest BCUT2D eigenvalue weighted by Crippen LogP contribution is 2.59. The summed E-state index contributed by atoms with van der Waals surface area (Å²) >= 11 is 0. The molecule has 2 rings (SSSR count). The first-order valence-corrected chi connectivity index (χ1v) is 7.11. The zero-order chi connectivity index (χ0) is 15.1. The molecule has 0 saturated heterocycles. The molecule has 0 aliphatic heterocycles. The quantitative estimate of drug-likeness (QED) is 0.612. The third-order valence-electron chi connectivity index (χ3n) is 4.25. The zero-order valence-corrected chi connectivity index (χ0v) is 13.2. The van der Waals surface area contributed by atoms with Crippen molar-refractivity contribution in [2.45, 2.75) is 48.1 Å². The van der Waals surface area contributed by atoms with Crippen LogP contribution in [0.25, 0.3) is 0 Å². The van der Waals surface area contributed by atoms with Gasteiger partial charge in [-0.15, -0.1) is 0 Å². The van der Waals surface area contributed by atoms with Crippen molar-refractivity contribution < 1.29 is 13.9 Å². The lowest BCUT2D eigenvalue weighted by Gasteiger charge is -2.03. The molecule has 110 valence electrons. The maximum atomic E-state index is 12.2. The minimum Gasteiger partial charge on any atom is -0.462 e. The Kier molecular flexibility index (Phi) is 3.81. The van der Waals surface area contributed by atoms with Crippen molar-refractivity contribution in [3.8, 4) is 0 Å². The second-order valence-electron chi connectivity index (χ2n) is 6.63. The van der Waals surface area contributed by atoms with Crippen LogP contribution in [0.1, 0.15) is 44.8 Å². The van der Waals surface area contributed by atoms with Gasteiger partial charge in [0.15, 0.2) is 0 Å². The van der Waals surface area contributed by atoms with Crippen LogP contribution >= 0.6 is 0 Å². The molecule has 0 bridgehead atoms. The average molecular weight is 276 g/mol. The maximum absolute atomic E-state index is 12.2. The molecule has 1 heterocycles. The van der Waals surface area contributed by atoms with E-state index < -0.39 is 0 Å². The lowest BCUT2D eigenvalue weighted by Crippen LogP contribution is -2.10. The fourth-order valence-corrected chi connectivity index (χ4v) is 2.75. The SMILES string of the molecule is CC(C)=CC1C(C(=O)OCc2cc(C)c(C)o2)C1(C)C. The molecule has 3 heteroatoms. The van der Waals surface area contributed by atoms with Crippen molar-refractivity contribution in [2.24, 2.45) is 17.3 Å². The van der Waals surface area contributed by atoms with Gasteiger partial charge in [0.05, 0.1) is 5.92 Å². The van der Waals surface area contributed by atoms with Crippen molar-refractivity contribution in [2.75, 3.05) is 0 Å². The number of rotatable bonds is 4. The van der Waals surface area contributed by atoms with E-state index in [0.717, 1.165) is 11.3 Å². The minimum absolute atomic E-state index is 0.00332. The van der Waals surface area contributed by atoms with E-state index in [-0.39, 0.29) is 23.9 Å². The molecule has 3 nitrogen and oxygen atoms in total. The van der Waals surface area contributed by atoms with Crippen molar-refractivity contribution in [3.05, 3.63) is 34.8 Å². The van der Waals surface area contributed by atoms with Crippen LogP contribution in [0.2, 0.25) is 0 Å². The molecule has 0 spiro atoms. The van der Waals surface area contributed by atoms with Gasteiger partial charge in [-0.05, 0) is 50.7 Å². The Morgan fingerprint density at radius 1 is 1.40 bits per heavy atom. The maximum Gasteiger partial charge on any atom is 0.310 e. The summed E-state index contributed by atoms with van der Waals surface area (Å²) < 4.78 is 10.9. The predicted molar refractivity (Wildman–Crippen MR) is 78.2 cm³/mol. The van der Waals surface area contributed by atoms with Crippen molar-refractivity contribution in [1.29, 1.82) is 0 Å². The number of hydrogen-bond acceptors (Lipinski definition) is 3. The van der Waals surface area contributed by atoms with Crippen LogP contribution < -0.4 is 0 Å². The highest BCUT2D eigenvalue weighted by atomic mass is 16.5. The van der Waals surface area contributed by atoms with Crippen LogP contribution in [-0.2, 0) is 16.1 Å². The van der Waals surface area contributed by atoms with Gasteiger partial charge in [0, 0.05) is 0 Å². The molecule has 1 aromatic heterocycles. The van der Waals surface area contributed by atoms with Crippen molar-refractivity contribution in [3.63, 3.8) is 0 Å². The van der Waals surface area contributed by atoms with E-state index in [1.165, 1.54) is 5.57 Å². The average Bonchev–Trinajstić information content (AvgIpc) is 2.69. The molecule has 1 aliphatic rings. The number of aryl methyl sites for hydroxylation is 2. The summed E-state index contributed by atoms with van der Waals surface area (Å²) in [5, 5.41) is 0. The summed E-state index contributed by atoms with van der Waals surface area (Å²) in [7, 11) is 0. The number of allylic oxidation sites excluding steroid dienone is 2. The summed E-state index contributed by atoms with van der Waals surface area (Å²) in [6, 6.07) is 1.92. The van der Waals surface area contributed by atoms with Gasteiger partial charge >= 0.3 is 5.97 Å². The number of furan rings is 1. The van der Waals surface area contributed by atoms with Gasteiger partial charge in [-0.25, -0.2) is 0 Å². The van der Waals surface area contributed by atoms with E-state index in [0.29, 0.717) is 11.7 Å². The summed E-state index contributed by atoms with van der Waals surface area (Å²) in [4.78, 5) is 12.2. The van der Waals surface area contributed by atoms with Crippen LogP contribution in [0.5, 0.6) is 0 Å². The molecule has 1 saturated carbocycles. The Bertz CT molecular complexity index is 525. The fraction of sp³-hybridized carbons (Fsp3) is 0.588. The monoisotopic (exact) mass is 276 g/mol.